The minimum Gasteiger partial charge on any atom is -0.386 e. The van der Waals surface area contributed by atoms with Crippen molar-refractivity contribution in [2.24, 2.45) is 11.1 Å². The second kappa shape index (κ2) is 9.49. The molecule has 5 heteroatoms. The Morgan fingerprint density at radius 3 is 2.16 bits per heavy atom. The van der Waals surface area contributed by atoms with Crippen LogP contribution in [0, 0.1) is 5.92 Å². The van der Waals surface area contributed by atoms with Gasteiger partial charge in [0.25, 0.3) is 0 Å². The van der Waals surface area contributed by atoms with Crippen molar-refractivity contribution < 1.29 is 19.5 Å². The van der Waals surface area contributed by atoms with Crippen molar-refractivity contribution in [2.75, 3.05) is 0 Å². The number of aliphatic hydroxyl groups excluding tert-OH is 1. The molecule has 2 rings (SSSR count). The molecular weight excluding hydrogens is 318 g/mol. The van der Waals surface area contributed by atoms with E-state index in [1.54, 1.807) is 0 Å². The molecule has 0 unspecified atom stereocenters. The van der Waals surface area contributed by atoms with Crippen LogP contribution in [-0.2, 0) is 27.3 Å². The van der Waals surface area contributed by atoms with Gasteiger partial charge in [0.2, 0.25) is 0 Å². The van der Waals surface area contributed by atoms with Gasteiger partial charge in [-0.15, -0.1) is 0 Å². The molecule has 0 aliphatic rings. The van der Waals surface area contributed by atoms with E-state index in [9.17, 15) is 14.7 Å². The molecule has 0 amide bonds. The molecule has 0 heterocycles. The summed E-state index contributed by atoms with van der Waals surface area (Å²) in [7, 11) is 0. The van der Waals surface area contributed by atoms with Gasteiger partial charge in [0.05, 0.1) is 11.6 Å². The Kier molecular flexibility index (Phi) is 7.04. The molecule has 0 radical (unpaired) electrons. The SMILES string of the molecule is CC(=O)O/N=C(/Cc1ccccc1)[C@H](O)[C@@H](C=O)Cc1ccccc1. The van der Waals surface area contributed by atoms with E-state index in [1.165, 1.54) is 6.92 Å². The summed E-state index contributed by atoms with van der Waals surface area (Å²) in [6.07, 6.45) is 0.233. The topological polar surface area (TPSA) is 76.0 Å². The lowest BCUT2D eigenvalue weighted by Gasteiger charge is -2.19. The van der Waals surface area contributed by atoms with Gasteiger partial charge in [-0.3, -0.25) is 0 Å². The number of aliphatic hydroxyl groups is 1. The Balaban J connectivity index is 2.19. The van der Waals surface area contributed by atoms with E-state index in [4.69, 9.17) is 4.84 Å². The third-order valence-electron chi connectivity index (χ3n) is 3.76. The van der Waals surface area contributed by atoms with E-state index >= 15 is 0 Å². The predicted molar refractivity (Wildman–Crippen MR) is 95.1 cm³/mol. The molecule has 0 aromatic heterocycles. The molecule has 5 nitrogen and oxygen atoms in total. The van der Waals surface area contributed by atoms with Crippen LogP contribution in [0.3, 0.4) is 0 Å². The lowest BCUT2D eigenvalue weighted by Crippen LogP contribution is -2.33. The molecule has 25 heavy (non-hydrogen) atoms. The summed E-state index contributed by atoms with van der Waals surface area (Å²) in [6.45, 7) is 1.23. The maximum absolute atomic E-state index is 11.5. The van der Waals surface area contributed by atoms with Gasteiger partial charge < -0.3 is 14.7 Å². The number of hydrogen-bond donors (Lipinski definition) is 1. The van der Waals surface area contributed by atoms with Gasteiger partial charge in [0.15, 0.2) is 0 Å². The first-order valence-corrected chi connectivity index (χ1v) is 8.05. The van der Waals surface area contributed by atoms with E-state index in [0.717, 1.165) is 11.1 Å². The van der Waals surface area contributed by atoms with Crippen LogP contribution in [0.25, 0.3) is 0 Å². The van der Waals surface area contributed by atoms with E-state index in [-0.39, 0.29) is 12.1 Å². The zero-order valence-electron chi connectivity index (χ0n) is 14.0. The molecule has 1 N–H and O–H groups in total. The molecule has 2 atom stereocenters. The van der Waals surface area contributed by atoms with Crippen LogP contribution in [0.15, 0.2) is 65.8 Å². The molecule has 0 saturated carbocycles. The normalized spacial score (nSPS) is 13.8. The van der Waals surface area contributed by atoms with E-state index < -0.39 is 18.0 Å². The highest BCUT2D eigenvalue weighted by atomic mass is 16.7. The zero-order valence-corrected chi connectivity index (χ0v) is 14.0. The average molecular weight is 339 g/mol. The van der Waals surface area contributed by atoms with Crippen molar-refractivity contribution in [1.82, 2.24) is 0 Å². The highest BCUT2D eigenvalue weighted by molar-refractivity contribution is 5.92. The van der Waals surface area contributed by atoms with Crippen molar-refractivity contribution in [1.29, 1.82) is 0 Å². The van der Waals surface area contributed by atoms with Crippen molar-refractivity contribution in [3.63, 3.8) is 0 Å². The molecule has 2 aromatic rings. The van der Waals surface area contributed by atoms with Crippen LogP contribution >= 0.6 is 0 Å². The number of hydrogen-bond acceptors (Lipinski definition) is 5. The number of carbonyl (C=O) groups is 2. The summed E-state index contributed by atoms with van der Waals surface area (Å²) in [6, 6.07) is 18.8. The molecule has 0 spiro atoms. The van der Waals surface area contributed by atoms with Crippen molar-refractivity contribution >= 4 is 18.0 Å². The van der Waals surface area contributed by atoms with E-state index in [0.29, 0.717) is 12.7 Å². The average Bonchev–Trinajstić information content (AvgIpc) is 2.64. The highest BCUT2D eigenvalue weighted by Gasteiger charge is 2.25. The van der Waals surface area contributed by atoms with E-state index in [2.05, 4.69) is 5.16 Å². The van der Waals surface area contributed by atoms with Crippen molar-refractivity contribution in [3.05, 3.63) is 71.8 Å². The molecule has 130 valence electrons. The molecule has 0 bridgehead atoms. The number of benzene rings is 2. The summed E-state index contributed by atoms with van der Waals surface area (Å²) in [5.74, 6) is -1.26. The van der Waals surface area contributed by atoms with Gasteiger partial charge >= 0.3 is 5.97 Å². The number of oxime groups is 1. The Bertz CT molecular complexity index is 713. The minimum atomic E-state index is -1.14. The predicted octanol–water partition coefficient (Wildman–Crippen LogP) is 2.57. The van der Waals surface area contributed by atoms with Crippen LogP contribution in [0.4, 0.5) is 0 Å². The third kappa shape index (κ3) is 5.97. The minimum absolute atomic E-state index is 0.245. The fourth-order valence-corrected chi connectivity index (χ4v) is 2.49. The Hall–Kier alpha value is -2.79. The van der Waals surface area contributed by atoms with Crippen LogP contribution in [0.1, 0.15) is 18.1 Å². The van der Waals surface area contributed by atoms with Gasteiger partial charge in [-0.1, -0.05) is 65.8 Å². The maximum atomic E-state index is 11.5. The van der Waals surface area contributed by atoms with E-state index in [1.807, 2.05) is 60.7 Å². The Labute approximate surface area is 146 Å². The first kappa shape index (κ1) is 18.5. The van der Waals surface area contributed by atoms with Crippen molar-refractivity contribution in [3.8, 4) is 0 Å². The summed E-state index contributed by atoms with van der Waals surface area (Å²) >= 11 is 0. The second-order valence-electron chi connectivity index (χ2n) is 5.76. The summed E-state index contributed by atoms with van der Waals surface area (Å²) < 4.78 is 0. The fourth-order valence-electron chi connectivity index (χ4n) is 2.49. The number of aldehydes is 1. The molecule has 2 aromatic carbocycles. The lowest BCUT2D eigenvalue weighted by molar-refractivity contribution is -0.141. The Morgan fingerprint density at radius 1 is 1.08 bits per heavy atom. The van der Waals surface area contributed by atoms with Crippen molar-refractivity contribution in [2.45, 2.75) is 25.9 Å². The summed E-state index contributed by atoms with van der Waals surface area (Å²) in [4.78, 5) is 27.3. The van der Waals surface area contributed by atoms with Gasteiger partial charge in [-0.05, 0) is 17.5 Å². The Morgan fingerprint density at radius 2 is 1.64 bits per heavy atom. The number of rotatable bonds is 8. The van der Waals surface area contributed by atoms with Gasteiger partial charge in [0.1, 0.15) is 12.4 Å². The summed E-state index contributed by atoms with van der Waals surface area (Å²) in [5.41, 5.74) is 2.08. The number of nitrogens with zero attached hydrogens (tertiary/aromatic N) is 1. The van der Waals surface area contributed by atoms with Crippen LogP contribution in [0.2, 0.25) is 0 Å². The van der Waals surface area contributed by atoms with Gasteiger partial charge in [0, 0.05) is 13.3 Å². The van der Waals surface area contributed by atoms with Gasteiger partial charge in [-0.2, -0.15) is 0 Å². The standard InChI is InChI=1S/C20H21NO4/c1-15(23)25-21-19(13-17-10-6-3-7-11-17)20(24)18(14-22)12-16-8-4-2-5-9-16/h2-11,14,18,20,24H,12-13H2,1H3/b21-19-/t18-,20-/m1/s1. The molecule has 0 fully saturated rings. The maximum Gasteiger partial charge on any atom is 0.331 e. The lowest BCUT2D eigenvalue weighted by atomic mass is 9.90. The van der Waals surface area contributed by atoms with Crippen LogP contribution in [-0.4, -0.2) is 29.2 Å². The number of carbonyl (C=O) groups excluding carboxylic acids is 2. The fraction of sp³-hybridized carbons (Fsp3) is 0.250. The smallest absolute Gasteiger partial charge is 0.331 e. The second-order valence-corrected chi connectivity index (χ2v) is 5.76. The van der Waals surface area contributed by atoms with Crippen LogP contribution < -0.4 is 0 Å². The molecular formula is C20H21NO4. The third-order valence-corrected chi connectivity index (χ3v) is 3.76. The van der Waals surface area contributed by atoms with Gasteiger partial charge in [-0.25, -0.2) is 4.79 Å². The molecule has 0 aliphatic heterocycles. The summed E-state index contributed by atoms with van der Waals surface area (Å²) in [5, 5.41) is 14.4. The monoisotopic (exact) mass is 339 g/mol. The molecule has 0 aliphatic carbocycles. The first-order valence-electron chi connectivity index (χ1n) is 8.05. The highest BCUT2D eigenvalue weighted by Crippen LogP contribution is 2.15. The van der Waals surface area contributed by atoms with Crippen LogP contribution in [0.5, 0.6) is 0 Å². The largest absolute Gasteiger partial charge is 0.386 e. The zero-order chi connectivity index (χ0) is 18.1. The molecule has 0 saturated heterocycles. The quantitative estimate of drug-likeness (QED) is 0.347. The first-order chi connectivity index (χ1) is 12.1.